The van der Waals surface area contributed by atoms with Crippen molar-refractivity contribution in [1.82, 2.24) is 19.6 Å². The van der Waals surface area contributed by atoms with Gasteiger partial charge >= 0.3 is 0 Å². The maximum Gasteiger partial charge on any atom is 0.250 e. The Morgan fingerprint density at radius 3 is 2.84 bits per heavy atom. The minimum atomic E-state index is -0.471. The van der Waals surface area contributed by atoms with E-state index in [0.29, 0.717) is 16.4 Å². The van der Waals surface area contributed by atoms with E-state index in [1.54, 1.807) is 42.2 Å². The summed E-state index contributed by atoms with van der Waals surface area (Å²) in [6, 6.07) is 7.53. The highest BCUT2D eigenvalue weighted by molar-refractivity contribution is 6.31. The van der Waals surface area contributed by atoms with Gasteiger partial charge in [-0.2, -0.15) is 10.2 Å². The third-order valence-electron chi connectivity index (χ3n) is 3.89. The monoisotopic (exact) mass is 361 g/mol. The molecule has 1 atom stereocenters. The van der Waals surface area contributed by atoms with Crippen molar-refractivity contribution >= 4 is 23.3 Å². The first-order valence-corrected chi connectivity index (χ1v) is 8.11. The molecule has 1 amide bonds. The van der Waals surface area contributed by atoms with Crippen LogP contribution in [0.1, 0.15) is 24.2 Å². The summed E-state index contributed by atoms with van der Waals surface area (Å²) < 4.78 is 17.0. The van der Waals surface area contributed by atoms with Gasteiger partial charge in [0.15, 0.2) is 5.82 Å². The second kappa shape index (κ2) is 7.06. The van der Waals surface area contributed by atoms with Crippen LogP contribution in [0, 0.1) is 12.7 Å². The van der Waals surface area contributed by atoms with Crippen molar-refractivity contribution in [2.75, 3.05) is 5.32 Å². The molecule has 25 heavy (non-hydrogen) atoms. The molecule has 1 unspecified atom stereocenters. The second-order valence-electron chi connectivity index (χ2n) is 5.68. The first kappa shape index (κ1) is 17.2. The topological polar surface area (TPSA) is 64.7 Å². The van der Waals surface area contributed by atoms with Crippen LogP contribution in [-0.2, 0) is 11.3 Å². The number of benzene rings is 1. The van der Waals surface area contributed by atoms with E-state index in [4.69, 9.17) is 11.6 Å². The van der Waals surface area contributed by atoms with E-state index < -0.39 is 11.9 Å². The van der Waals surface area contributed by atoms with E-state index in [1.165, 1.54) is 10.7 Å². The number of carbonyl (C=O) groups excluding carboxylic acids is 1. The highest BCUT2D eigenvalue weighted by atomic mass is 35.5. The van der Waals surface area contributed by atoms with E-state index in [1.807, 2.05) is 13.0 Å². The van der Waals surface area contributed by atoms with Crippen molar-refractivity contribution in [2.45, 2.75) is 26.4 Å². The summed E-state index contributed by atoms with van der Waals surface area (Å²) in [5, 5.41) is 11.4. The molecule has 2 aromatic heterocycles. The second-order valence-corrected chi connectivity index (χ2v) is 6.09. The van der Waals surface area contributed by atoms with Crippen molar-refractivity contribution in [1.29, 1.82) is 0 Å². The van der Waals surface area contributed by atoms with Gasteiger partial charge in [0.25, 0.3) is 0 Å². The summed E-state index contributed by atoms with van der Waals surface area (Å²) in [5.41, 5.74) is 1.24. The first-order valence-electron chi connectivity index (χ1n) is 7.73. The average molecular weight is 362 g/mol. The number of nitrogens with zero attached hydrogens (tertiary/aromatic N) is 4. The molecule has 3 aromatic rings. The van der Waals surface area contributed by atoms with Gasteiger partial charge in [0.2, 0.25) is 5.91 Å². The standard InChI is InChI=1S/C17H17ClFN5O/c1-11-6-8-20-24(11)12(2)17(25)21-16-7-9-23(22-16)10-13-14(18)4-3-5-15(13)19/h3-9,12H,10H2,1-2H3,(H,21,22,25). The average Bonchev–Trinajstić information content (AvgIpc) is 3.19. The first-order chi connectivity index (χ1) is 12.0. The summed E-state index contributed by atoms with van der Waals surface area (Å²) in [6.07, 6.45) is 3.30. The number of hydrogen-bond donors (Lipinski definition) is 1. The zero-order valence-corrected chi connectivity index (χ0v) is 14.5. The van der Waals surface area contributed by atoms with Gasteiger partial charge in [0, 0.05) is 34.7 Å². The van der Waals surface area contributed by atoms with Crippen molar-refractivity contribution in [3.05, 3.63) is 64.8 Å². The molecule has 0 bridgehead atoms. The highest BCUT2D eigenvalue weighted by Crippen LogP contribution is 2.20. The fourth-order valence-electron chi connectivity index (χ4n) is 2.49. The van der Waals surface area contributed by atoms with Gasteiger partial charge in [-0.05, 0) is 32.0 Å². The maximum atomic E-state index is 13.8. The van der Waals surface area contributed by atoms with Crippen molar-refractivity contribution in [3.63, 3.8) is 0 Å². The third-order valence-corrected chi connectivity index (χ3v) is 4.24. The number of hydrogen-bond acceptors (Lipinski definition) is 3. The summed E-state index contributed by atoms with van der Waals surface area (Å²) in [4.78, 5) is 12.3. The smallest absolute Gasteiger partial charge is 0.250 e. The Morgan fingerprint density at radius 2 is 2.16 bits per heavy atom. The summed E-state index contributed by atoms with van der Waals surface area (Å²) >= 11 is 6.02. The molecule has 0 saturated carbocycles. The van der Waals surface area contributed by atoms with Crippen LogP contribution in [0.5, 0.6) is 0 Å². The van der Waals surface area contributed by atoms with E-state index in [2.05, 4.69) is 15.5 Å². The lowest BCUT2D eigenvalue weighted by Gasteiger charge is -2.13. The Hall–Kier alpha value is -2.67. The highest BCUT2D eigenvalue weighted by Gasteiger charge is 2.18. The van der Waals surface area contributed by atoms with Crippen molar-refractivity contribution < 1.29 is 9.18 Å². The molecule has 0 radical (unpaired) electrons. The van der Waals surface area contributed by atoms with Crippen molar-refractivity contribution in [2.24, 2.45) is 0 Å². The zero-order chi connectivity index (χ0) is 18.0. The molecular formula is C17H17ClFN5O. The number of amides is 1. The molecule has 1 N–H and O–H groups in total. The summed E-state index contributed by atoms with van der Waals surface area (Å²) in [5.74, 6) is -0.244. The van der Waals surface area contributed by atoms with E-state index in [-0.39, 0.29) is 12.5 Å². The van der Waals surface area contributed by atoms with Crippen LogP contribution < -0.4 is 5.32 Å². The molecule has 0 spiro atoms. The molecule has 2 heterocycles. The Bertz CT molecular complexity index is 884. The normalized spacial score (nSPS) is 12.2. The molecule has 0 aliphatic carbocycles. The van der Waals surface area contributed by atoms with Gasteiger partial charge in [-0.3, -0.25) is 14.2 Å². The quantitative estimate of drug-likeness (QED) is 0.757. The van der Waals surface area contributed by atoms with Gasteiger partial charge in [0.05, 0.1) is 6.54 Å². The van der Waals surface area contributed by atoms with Crippen LogP contribution in [0.25, 0.3) is 0 Å². The van der Waals surface area contributed by atoms with E-state index in [9.17, 15) is 9.18 Å². The molecule has 3 rings (SSSR count). The third kappa shape index (κ3) is 3.71. The number of aromatic nitrogens is 4. The molecule has 0 aliphatic rings. The number of nitrogens with one attached hydrogen (secondary N) is 1. The lowest BCUT2D eigenvalue weighted by atomic mass is 10.2. The fourth-order valence-corrected chi connectivity index (χ4v) is 2.71. The molecule has 1 aromatic carbocycles. The van der Waals surface area contributed by atoms with Crippen LogP contribution >= 0.6 is 11.6 Å². The minimum Gasteiger partial charge on any atom is -0.307 e. The van der Waals surface area contributed by atoms with Crippen LogP contribution in [0.4, 0.5) is 10.2 Å². The largest absolute Gasteiger partial charge is 0.307 e. The molecular weight excluding hydrogens is 345 g/mol. The minimum absolute atomic E-state index is 0.176. The SMILES string of the molecule is Cc1ccnn1C(C)C(=O)Nc1ccn(Cc2c(F)cccc2Cl)n1. The van der Waals surface area contributed by atoms with Crippen LogP contribution in [0.15, 0.2) is 42.7 Å². The van der Waals surface area contributed by atoms with Gasteiger partial charge in [-0.25, -0.2) is 4.39 Å². The number of carbonyl (C=O) groups is 1. The van der Waals surface area contributed by atoms with Gasteiger partial charge in [-0.1, -0.05) is 17.7 Å². The summed E-state index contributed by atoms with van der Waals surface area (Å²) in [7, 11) is 0. The predicted molar refractivity (Wildman–Crippen MR) is 93.0 cm³/mol. The van der Waals surface area contributed by atoms with E-state index in [0.717, 1.165) is 5.69 Å². The number of anilines is 1. The lowest BCUT2D eigenvalue weighted by molar-refractivity contribution is -0.119. The fraction of sp³-hybridized carbons (Fsp3) is 0.235. The zero-order valence-electron chi connectivity index (χ0n) is 13.8. The lowest BCUT2D eigenvalue weighted by Crippen LogP contribution is -2.25. The number of rotatable bonds is 5. The Morgan fingerprint density at radius 1 is 1.36 bits per heavy atom. The molecule has 8 heteroatoms. The van der Waals surface area contributed by atoms with Gasteiger partial charge < -0.3 is 5.32 Å². The molecule has 0 saturated heterocycles. The van der Waals surface area contributed by atoms with E-state index >= 15 is 0 Å². The molecule has 6 nitrogen and oxygen atoms in total. The van der Waals surface area contributed by atoms with Crippen molar-refractivity contribution in [3.8, 4) is 0 Å². The number of halogens is 2. The van der Waals surface area contributed by atoms with Gasteiger partial charge in [-0.15, -0.1) is 0 Å². The maximum absolute atomic E-state index is 13.8. The van der Waals surface area contributed by atoms with Gasteiger partial charge in [0.1, 0.15) is 11.9 Å². The molecule has 0 aliphatic heterocycles. The Kier molecular flexibility index (Phi) is 4.85. The Labute approximate surface area is 149 Å². The molecule has 0 fully saturated rings. The molecule has 130 valence electrons. The van der Waals surface area contributed by atoms with Crippen LogP contribution in [0.3, 0.4) is 0 Å². The van der Waals surface area contributed by atoms with Crippen LogP contribution in [0.2, 0.25) is 5.02 Å². The summed E-state index contributed by atoms with van der Waals surface area (Å²) in [6.45, 7) is 3.81. The van der Waals surface area contributed by atoms with Crippen LogP contribution in [-0.4, -0.2) is 25.5 Å². The Balaban J connectivity index is 1.70. The predicted octanol–water partition coefficient (Wildman–Crippen LogP) is 3.43. The number of aryl methyl sites for hydroxylation is 1.